The van der Waals surface area contributed by atoms with Crippen LogP contribution in [0.25, 0.3) is 0 Å². The Bertz CT molecular complexity index is 663. The van der Waals surface area contributed by atoms with E-state index in [2.05, 4.69) is 19.4 Å². The summed E-state index contributed by atoms with van der Waals surface area (Å²) in [5, 5.41) is 3.77. The van der Waals surface area contributed by atoms with Crippen molar-refractivity contribution in [2.75, 3.05) is 18.4 Å². The van der Waals surface area contributed by atoms with Gasteiger partial charge in [0.1, 0.15) is 10.0 Å². The lowest BCUT2D eigenvalue weighted by atomic mass is 10.5. The number of nitrogens with one attached hydrogen (secondary N) is 2. The van der Waals surface area contributed by atoms with Crippen LogP contribution in [0.15, 0.2) is 16.3 Å². The first-order chi connectivity index (χ1) is 9.51. The molecule has 0 saturated heterocycles. The molecule has 0 radical (unpaired) electrons. The number of anilines is 1. The Hall–Kier alpha value is -1.03. The average Bonchev–Trinajstić information content (AvgIpc) is 3.03. The van der Waals surface area contributed by atoms with E-state index < -0.39 is 10.0 Å². The molecule has 110 valence electrons. The molecule has 0 fully saturated rings. The number of rotatable bonds is 7. The van der Waals surface area contributed by atoms with E-state index in [1.807, 2.05) is 13.8 Å². The van der Waals surface area contributed by atoms with Crippen LogP contribution >= 0.6 is 22.9 Å². The van der Waals surface area contributed by atoms with E-state index in [0.717, 1.165) is 17.1 Å². The van der Waals surface area contributed by atoms with Crippen LogP contribution in [0.2, 0.25) is 0 Å². The van der Waals surface area contributed by atoms with E-state index in [1.165, 1.54) is 22.9 Å². The van der Waals surface area contributed by atoms with Gasteiger partial charge in [0.25, 0.3) is 0 Å². The zero-order valence-electron chi connectivity index (χ0n) is 11.2. The van der Waals surface area contributed by atoms with Gasteiger partial charge in [-0.05, 0) is 19.1 Å². The van der Waals surface area contributed by atoms with Crippen molar-refractivity contribution in [3.63, 3.8) is 0 Å². The minimum absolute atomic E-state index is 0.306. The van der Waals surface area contributed by atoms with Crippen molar-refractivity contribution >= 4 is 38.0 Å². The minimum atomic E-state index is -3.40. The molecule has 0 aromatic carbocycles. The highest BCUT2D eigenvalue weighted by Crippen LogP contribution is 2.20. The van der Waals surface area contributed by atoms with Crippen LogP contribution in [0, 0.1) is 6.92 Å². The normalized spacial score (nSPS) is 11.7. The maximum absolute atomic E-state index is 12.0. The second-order valence-corrected chi connectivity index (χ2v) is 8.09. The first-order valence-electron chi connectivity index (χ1n) is 6.14. The summed E-state index contributed by atoms with van der Waals surface area (Å²) in [6.45, 7) is 4.65. The zero-order valence-corrected chi connectivity index (χ0v) is 13.7. The molecule has 0 saturated carbocycles. The molecule has 2 heterocycles. The van der Waals surface area contributed by atoms with Crippen LogP contribution < -0.4 is 10.0 Å². The van der Waals surface area contributed by atoms with E-state index in [4.69, 9.17) is 0 Å². The van der Waals surface area contributed by atoms with Crippen molar-refractivity contribution in [3.05, 3.63) is 22.8 Å². The summed E-state index contributed by atoms with van der Waals surface area (Å²) in [5.74, 6) is 0.798. The summed E-state index contributed by atoms with van der Waals surface area (Å²) in [6.07, 6.45) is 0.794. The zero-order chi connectivity index (χ0) is 14.6. The van der Waals surface area contributed by atoms with Gasteiger partial charge in [0.15, 0.2) is 0 Å². The second-order valence-electron chi connectivity index (χ2n) is 4.06. The number of thiophene rings is 1. The number of nitrogens with zero attached hydrogens (tertiary/aromatic N) is 2. The van der Waals surface area contributed by atoms with Gasteiger partial charge >= 0.3 is 0 Å². The van der Waals surface area contributed by atoms with Crippen LogP contribution in [0.5, 0.6) is 0 Å². The fourth-order valence-corrected chi connectivity index (χ4v) is 4.49. The van der Waals surface area contributed by atoms with E-state index in [1.54, 1.807) is 12.1 Å². The van der Waals surface area contributed by atoms with Gasteiger partial charge in [0.2, 0.25) is 15.2 Å². The third-order valence-electron chi connectivity index (χ3n) is 2.46. The van der Waals surface area contributed by atoms with Crippen LogP contribution in [-0.2, 0) is 16.4 Å². The van der Waals surface area contributed by atoms with Gasteiger partial charge in [-0.25, -0.2) is 18.1 Å². The van der Waals surface area contributed by atoms with Gasteiger partial charge in [0.05, 0.1) is 0 Å². The third kappa shape index (κ3) is 3.98. The van der Waals surface area contributed by atoms with Crippen LogP contribution in [0.3, 0.4) is 0 Å². The lowest BCUT2D eigenvalue weighted by molar-refractivity contribution is 0.585. The number of hydrogen-bond acceptors (Lipinski definition) is 7. The molecule has 0 bridgehead atoms. The number of hydrogen-bond donors (Lipinski definition) is 2. The Balaban J connectivity index is 1.81. The molecule has 0 atom stereocenters. The van der Waals surface area contributed by atoms with Crippen LogP contribution in [0.4, 0.5) is 5.13 Å². The van der Waals surface area contributed by atoms with Gasteiger partial charge < -0.3 is 5.32 Å². The topological polar surface area (TPSA) is 84.0 Å². The molecule has 0 amide bonds. The summed E-state index contributed by atoms with van der Waals surface area (Å²) in [4.78, 5) is 5.22. The predicted octanol–water partition coefficient (Wildman–Crippen LogP) is 1.86. The van der Waals surface area contributed by atoms with Crippen molar-refractivity contribution in [2.24, 2.45) is 0 Å². The van der Waals surface area contributed by atoms with Gasteiger partial charge in [-0.15, -0.1) is 11.3 Å². The van der Waals surface area contributed by atoms with E-state index in [9.17, 15) is 8.42 Å². The van der Waals surface area contributed by atoms with Crippen LogP contribution in [-0.4, -0.2) is 30.9 Å². The molecule has 2 aromatic rings. The average molecular weight is 332 g/mol. The third-order valence-corrected chi connectivity index (χ3v) is 6.12. The fourth-order valence-electron chi connectivity index (χ4n) is 1.45. The van der Waals surface area contributed by atoms with Crippen LogP contribution in [0.1, 0.15) is 17.6 Å². The molecule has 0 aliphatic rings. The maximum atomic E-state index is 12.0. The molecule has 0 spiro atoms. The molecular weight excluding hydrogens is 316 g/mol. The molecule has 20 heavy (non-hydrogen) atoms. The second kappa shape index (κ2) is 6.61. The van der Waals surface area contributed by atoms with Gasteiger partial charge in [-0.1, -0.05) is 6.92 Å². The largest absolute Gasteiger partial charge is 0.359 e. The lowest BCUT2D eigenvalue weighted by Crippen LogP contribution is -2.28. The molecule has 9 heteroatoms. The fraction of sp³-hybridized carbons (Fsp3) is 0.455. The van der Waals surface area contributed by atoms with Gasteiger partial charge in [-0.2, -0.15) is 4.37 Å². The standard InChI is InChI=1S/C11H16N4O2S3/c1-3-9-14-11(19-15-9)12-6-7-13-20(16,17)10-5-4-8(2)18-10/h4-5,13H,3,6-7H2,1-2H3,(H,12,14,15). The van der Waals surface area contributed by atoms with Crippen molar-refractivity contribution in [1.82, 2.24) is 14.1 Å². The summed E-state index contributed by atoms with van der Waals surface area (Å²) in [6, 6.07) is 3.42. The Morgan fingerprint density at radius 2 is 2.10 bits per heavy atom. The highest BCUT2D eigenvalue weighted by atomic mass is 32.2. The summed E-state index contributed by atoms with van der Waals surface area (Å²) >= 11 is 2.55. The minimum Gasteiger partial charge on any atom is -0.359 e. The summed E-state index contributed by atoms with van der Waals surface area (Å²) in [7, 11) is -3.40. The van der Waals surface area contributed by atoms with Gasteiger partial charge in [-0.3, -0.25) is 0 Å². The smallest absolute Gasteiger partial charge is 0.250 e. The Morgan fingerprint density at radius 3 is 2.70 bits per heavy atom. The highest BCUT2D eigenvalue weighted by molar-refractivity contribution is 7.91. The molecule has 0 aliphatic carbocycles. The molecule has 2 N–H and O–H groups in total. The molecule has 0 unspecified atom stereocenters. The molecular formula is C11H16N4O2S3. The lowest BCUT2D eigenvalue weighted by Gasteiger charge is -2.05. The first-order valence-corrected chi connectivity index (χ1v) is 9.21. The molecule has 2 rings (SSSR count). The van der Waals surface area contributed by atoms with Crippen molar-refractivity contribution in [1.29, 1.82) is 0 Å². The Labute approximate surface area is 126 Å². The summed E-state index contributed by atoms with van der Waals surface area (Å²) < 4.78 is 31.0. The van der Waals surface area contributed by atoms with E-state index in [-0.39, 0.29) is 0 Å². The Kier molecular flexibility index (Phi) is 5.08. The Morgan fingerprint density at radius 1 is 1.30 bits per heavy atom. The first kappa shape index (κ1) is 15.4. The van der Waals surface area contributed by atoms with Crippen molar-refractivity contribution in [3.8, 4) is 0 Å². The quantitative estimate of drug-likeness (QED) is 0.756. The number of sulfonamides is 1. The molecule has 0 aliphatic heterocycles. The number of aromatic nitrogens is 2. The number of aryl methyl sites for hydroxylation is 2. The van der Waals surface area contributed by atoms with E-state index in [0.29, 0.717) is 22.4 Å². The summed E-state index contributed by atoms with van der Waals surface area (Å²) in [5.41, 5.74) is 0. The maximum Gasteiger partial charge on any atom is 0.250 e. The molecule has 6 nitrogen and oxygen atoms in total. The van der Waals surface area contributed by atoms with Crippen molar-refractivity contribution < 1.29 is 8.42 Å². The highest BCUT2D eigenvalue weighted by Gasteiger charge is 2.15. The monoisotopic (exact) mass is 332 g/mol. The predicted molar refractivity (Wildman–Crippen MR) is 82.0 cm³/mol. The van der Waals surface area contributed by atoms with Gasteiger partial charge in [0, 0.05) is 35.9 Å². The SMILES string of the molecule is CCc1nsc(NCCNS(=O)(=O)c2ccc(C)s2)n1. The molecule has 2 aromatic heterocycles. The van der Waals surface area contributed by atoms with E-state index >= 15 is 0 Å². The van der Waals surface area contributed by atoms with Crippen molar-refractivity contribution in [2.45, 2.75) is 24.5 Å².